The van der Waals surface area contributed by atoms with E-state index in [1.54, 1.807) is 29.3 Å². The number of aromatic nitrogens is 3. The Labute approximate surface area is 156 Å². The summed E-state index contributed by atoms with van der Waals surface area (Å²) in [4.78, 5) is 27.7. The second-order valence-electron chi connectivity index (χ2n) is 6.58. The van der Waals surface area contributed by atoms with Gasteiger partial charge in [-0.15, -0.1) is 0 Å². The lowest BCUT2D eigenvalue weighted by molar-refractivity contribution is -0.154. The van der Waals surface area contributed by atoms with Crippen LogP contribution < -0.4 is 10.6 Å². The number of hydrogen-bond acceptors (Lipinski definition) is 5. The molecule has 1 saturated heterocycles. The fourth-order valence-electron chi connectivity index (χ4n) is 2.98. The number of carboxylic acids is 1. The highest BCUT2D eigenvalue weighted by molar-refractivity contribution is 5.88. The molecule has 0 radical (unpaired) electrons. The smallest absolute Gasteiger partial charge is 0.320 e. The Morgan fingerprint density at radius 2 is 1.96 bits per heavy atom. The molecule has 3 rings (SSSR count). The standard InChI is InChI=1S/C18H23N5O4/c24-16(25)18(5-11-27-12-6-18)13-20-17(26)21-15-4-10-23(22-15)9-3-14-1-7-19-8-2-14/h1-2,4,7-8,10H,3,5-6,9,11-13H2,(H,24,25)(H2,20,21,22,26). The number of aliphatic carboxylic acids is 1. The quantitative estimate of drug-likeness (QED) is 0.677. The second-order valence-corrected chi connectivity index (χ2v) is 6.58. The summed E-state index contributed by atoms with van der Waals surface area (Å²) in [6, 6.07) is 5.13. The maximum Gasteiger partial charge on any atom is 0.320 e. The lowest BCUT2D eigenvalue weighted by Gasteiger charge is -2.33. The van der Waals surface area contributed by atoms with Crippen LogP contribution in [0.3, 0.4) is 0 Å². The van der Waals surface area contributed by atoms with E-state index in [4.69, 9.17) is 4.74 Å². The molecule has 0 unspecified atom stereocenters. The number of aryl methyl sites for hydroxylation is 2. The van der Waals surface area contributed by atoms with Crippen molar-refractivity contribution in [2.45, 2.75) is 25.8 Å². The molecule has 3 heterocycles. The molecule has 0 spiro atoms. The van der Waals surface area contributed by atoms with Crippen molar-refractivity contribution in [2.75, 3.05) is 25.1 Å². The van der Waals surface area contributed by atoms with E-state index in [1.807, 2.05) is 12.1 Å². The Morgan fingerprint density at radius 1 is 1.22 bits per heavy atom. The fraction of sp³-hybridized carbons (Fsp3) is 0.444. The number of hydrogen-bond donors (Lipinski definition) is 3. The zero-order valence-electron chi connectivity index (χ0n) is 14.9. The predicted octanol–water partition coefficient (Wildman–Crippen LogP) is 1.52. The van der Waals surface area contributed by atoms with Gasteiger partial charge in [0, 0.05) is 51.0 Å². The Kier molecular flexibility index (Phi) is 6.02. The van der Waals surface area contributed by atoms with Crippen molar-refractivity contribution in [3.8, 4) is 0 Å². The Hall–Kier alpha value is -2.94. The van der Waals surface area contributed by atoms with Gasteiger partial charge in [-0.2, -0.15) is 5.10 Å². The third-order valence-electron chi connectivity index (χ3n) is 4.75. The topological polar surface area (TPSA) is 118 Å². The van der Waals surface area contributed by atoms with Crippen LogP contribution in [0.1, 0.15) is 18.4 Å². The minimum atomic E-state index is -0.973. The van der Waals surface area contributed by atoms with Crippen LogP contribution in [0.15, 0.2) is 36.8 Å². The maximum atomic E-state index is 12.1. The minimum Gasteiger partial charge on any atom is -0.481 e. The fourth-order valence-corrected chi connectivity index (χ4v) is 2.98. The first-order chi connectivity index (χ1) is 13.1. The molecule has 2 amide bonds. The summed E-state index contributed by atoms with van der Waals surface area (Å²) < 4.78 is 6.97. The number of pyridine rings is 1. The molecule has 144 valence electrons. The highest BCUT2D eigenvalue weighted by Gasteiger charge is 2.40. The van der Waals surface area contributed by atoms with E-state index < -0.39 is 17.4 Å². The SMILES string of the molecule is O=C(NCC1(C(=O)O)CCOCC1)Nc1ccn(CCc2ccncc2)n1. The highest BCUT2D eigenvalue weighted by atomic mass is 16.5. The first-order valence-corrected chi connectivity index (χ1v) is 8.86. The predicted molar refractivity (Wildman–Crippen MR) is 97.3 cm³/mol. The van der Waals surface area contributed by atoms with Crippen molar-refractivity contribution in [1.29, 1.82) is 0 Å². The van der Waals surface area contributed by atoms with Gasteiger partial charge in [-0.1, -0.05) is 0 Å². The lowest BCUT2D eigenvalue weighted by atomic mass is 9.80. The van der Waals surface area contributed by atoms with Gasteiger partial charge in [0.15, 0.2) is 5.82 Å². The van der Waals surface area contributed by atoms with Gasteiger partial charge in [-0.05, 0) is 37.0 Å². The maximum absolute atomic E-state index is 12.1. The molecule has 1 aliphatic heterocycles. The number of nitrogens with zero attached hydrogens (tertiary/aromatic N) is 3. The molecule has 1 aliphatic rings. The van der Waals surface area contributed by atoms with Crippen LogP contribution in [-0.4, -0.2) is 51.6 Å². The van der Waals surface area contributed by atoms with Gasteiger partial charge in [-0.25, -0.2) is 4.79 Å². The van der Waals surface area contributed by atoms with Crippen LogP contribution in [0, 0.1) is 5.41 Å². The summed E-state index contributed by atoms with van der Waals surface area (Å²) in [5.41, 5.74) is 0.183. The summed E-state index contributed by atoms with van der Waals surface area (Å²) in [7, 11) is 0. The molecule has 0 atom stereocenters. The van der Waals surface area contributed by atoms with Crippen LogP contribution in [0.25, 0.3) is 0 Å². The summed E-state index contributed by atoms with van der Waals surface area (Å²) in [6.07, 6.45) is 6.85. The largest absolute Gasteiger partial charge is 0.481 e. The van der Waals surface area contributed by atoms with Gasteiger partial charge in [0.25, 0.3) is 0 Å². The van der Waals surface area contributed by atoms with Crippen molar-refractivity contribution >= 4 is 17.8 Å². The van der Waals surface area contributed by atoms with Crippen LogP contribution in [0.5, 0.6) is 0 Å². The van der Waals surface area contributed by atoms with Crippen molar-refractivity contribution < 1.29 is 19.4 Å². The van der Waals surface area contributed by atoms with Gasteiger partial charge in [-0.3, -0.25) is 19.8 Å². The van der Waals surface area contributed by atoms with E-state index in [1.165, 1.54) is 0 Å². The van der Waals surface area contributed by atoms with Gasteiger partial charge >= 0.3 is 12.0 Å². The number of carboxylic acid groups (broad SMARTS) is 1. The molecule has 9 nitrogen and oxygen atoms in total. The van der Waals surface area contributed by atoms with Gasteiger partial charge in [0.05, 0.1) is 5.41 Å². The van der Waals surface area contributed by atoms with E-state index in [9.17, 15) is 14.7 Å². The number of carbonyl (C=O) groups excluding carboxylic acids is 1. The van der Waals surface area contributed by atoms with Crippen molar-refractivity contribution in [1.82, 2.24) is 20.1 Å². The first kappa shape index (κ1) is 18.8. The average Bonchev–Trinajstić information content (AvgIpc) is 3.13. The number of ether oxygens (including phenoxy) is 1. The summed E-state index contributed by atoms with van der Waals surface area (Å²) in [5.74, 6) is -0.495. The van der Waals surface area contributed by atoms with Crippen LogP contribution in [0.4, 0.5) is 10.6 Å². The molecule has 27 heavy (non-hydrogen) atoms. The van der Waals surface area contributed by atoms with Crippen LogP contribution in [-0.2, 0) is 22.5 Å². The second kappa shape index (κ2) is 8.63. The Morgan fingerprint density at radius 3 is 2.67 bits per heavy atom. The van der Waals surface area contributed by atoms with Gasteiger partial charge < -0.3 is 15.2 Å². The molecule has 0 aliphatic carbocycles. The Bertz CT molecular complexity index is 771. The van der Waals surface area contributed by atoms with Gasteiger partial charge in [0.1, 0.15) is 0 Å². The molecule has 0 saturated carbocycles. The van der Waals surface area contributed by atoms with Crippen molar-refractivity contribution in [2.24, 2.45) is 5.41 Å². The summed E-state index contributed by atoms with van der Waals surface area (Å²) in [6.45, 7) is 1.50. The first-order valence-electron chi connectivity index (χ1n) is 8.86. The van der Waals surface area contributed by atoms with E-state index in [-0.39, 0.29) is 6.54 Å². The molecular weight excluding hydrogens is 350 g/mol. The van der Waals surface area contributed by atoms with Gasteiger partial charge in [0.2, 0.25) is 0 Å². The van der Waals surface area contributed by atoms with E-state index in [0.29, 0.717) is 38.4 Å². The number of rotatable bonds is 7. The van der Waals surface area contributed by atoms with Crippen LogP contribution >= 0.6 is 0 Å². The molecule has 2 aromatic rings. The van der Waals surface area contributed by atoms with Crippen molar-refractivity contribution in [3.05, 3.63) is 42.4 Å². The number of carbonyl (C=O) groups is 2. The zero-order valence-corrected chi connectivity index (χ0v) is 14.9. The number of anilines is 1. The highest BCUT2D eigenvalue weighted by Crippen LogP contribution is 2.30. The Balaban J connectivity index is 1.48. The van der Waals surface area contributed by atoms with Crippen molar-refractivity contribution in [3.63, 3.8) is 0 Å². The lowest BCUT2D eigenvalue weighted by Crippen LogP contribution is -2.47. The van der Waals surface area contributed by atoms with E-state index in [2.05, 4.69) is 20.7 Å². The molecule has 9 heteroatoms. The molecule has 3 N–H and O–H groups in total. The summed E-state index contributed by atoms with van der Waals surface area (Å²) in [5, 5.41) is 19.1. The third-order valence-corrected chi connectivity index (χ3v) is 4.75. The minimum absolute atomic E-state index is 0.0558. The van der Waals surface area contributed by atoms with E-state index in [0.717, 1.165) is 12.0 Å². The normalized spacial score (nSPS) is 15.9. The van der Waals surface area contributed by atoms with Crippen LogP contribution in [0.2, 0.25) is 0 Å². The molecule has 2 aromatic heterocycles. The molecule has 1 fully saturated rings. The third kappa shape index (κ3) is 5.04. The zero-order chi connectivity index (χ0) is 19.1. The average molecular weight is 373 g/mol. The number of urea groups is 1. The number of nitrogens with one attached hydrogen (secondary N) is 2. The molecule has 0 bridgehead atoms. The molecular formula is C18H23N5O4. The molecule has 0 aromatic carbocycles. The monoisotopic (exact) mass is 373 g/mol. The van der Waals surface area contributed by atoms with E-state index >= 15 is 0 Å². The summed E-state index contributed by atoms with van der Waals surface area (Å²) >= 11 is 0. The number of amides is 2.